The summed E-state index contributed by atoms with van der Waals surface area (Å²) in [4.78, 5) is 3.95. The number of nitrogens with one attached hydrogen (secondary N) is 1. The number of rotatable bonds is 8. The molecule has 1 aliphatic carbocycles. The number of nitriles is 1. The van der Waals surface area contributed by atoms with E-state index in [-0.39, 0.29) is 17.7 Å². The number of hydrogen-bond donors (Lipinski definition) is 1. The summed E-state index contributed by atoms with van der Waals surface area (Å²) in [7, 11) is -3.39. The number of hydrogen-bond acceptors (Lipinski definition) is 5. The normalized spacial score (nSPS) is 13.5. The van der Waals surface area contributed by atoms with Gasteiger partial charge in [-0.05, 0) is 61.2 Å². The molecular weight excluding hydrogens is 467 g/mol. The van der Waals surface area contributed by atoms with Crippen molar-refractivity contribution in [3.63, 3.8) is 0 Å². The van der Waals surface area contributed by atoms with Gasteiger partial charge in [-0.25, -0.2) is 17.8 Å². The molecule has 1 aliphatic rings. The number of aromatic nitrogens is 2. The van der Waals surface area contributed by atoms with Crippen molar-refractivity contribution in [3.05, 3.63) is 72.2 Å². The van der Waals surface area contributed by atoms with Crippen LogP contribution in [0.2, 0.25) is 0 Å². The molecule has 1 fully saturated rings. The number of anilines is 1. The van der Waals surface area contributed by atoms with Gasteiger partial charge in [-0.15, -0.1) is 0 Å². The molecule has 0 amide bonds. The Morgan fingerprint density at radius 3 is 2.63 bits per heavy atom. The molecule has 0 bridgehead atoms. The predicted molar refractivity (Wildman–Crippen MR) is 132 cm³/mol. The third-order valence-electron chi connectivity index (χ3n) is 5.84. The van der Waals surface area contributed by atoms with Gasteiger partial charge in [0.25, 0.3) is 5.88 Å². The van der Waals surface area contributed by atoms with Crippen molar-refractivity contribution in [2.45, 2.75) is 32.2 Å². The Morgan fingerprint density at radius 2 is 1.97 bits per heavy atom. The van der Waals surface area contributed by atoms with Crippen LogP contribution in [-0.4, -0.2) is 23.7 Å². The van der Waals surface area contributed by atoms with E-state index in [9.17, 15) is 18.1 Å². The maximum absolute atomic E-state index is 14.1. The van der Waals surface area contributed by atoms with Crippen molar-refractivity contribution in [2.75, 3.05) is 10.5 Å². The molecule has 0 radical (unpaired) electrons. The summed E-state index contributed by atoms with van der Waals surface area (Å²) in [6, 6.07) is 17.7. The monoisotopic (exact) mass is 490 g/mol. The predicted octanol–water partition coefficient (Wildman–Crippen LogP) is 5.99. The average molecular weight is 491 g/mol. The largest absolute Gasteiger partial charge is 0.436 e. The van der Waals surface area contributed by atoms with E-state index < -0.39 is 15.8 Å². The highest BCUT2D eigenvalue weighted by Gasteiger charge is 2.31. The second-order valence-electron chi connectivity index (χ2n) is 8.51. The maximum atomic E-state index is 14.1. The van der Waals surface area contributed by atoms with Gasteiger partial charge >= 0.3 is 0 Å². The molecule has 2 heterocycles. The Morgan fingerprint density at radius 1 is 1.20 bits per heavy atom. The molecule has 178 valence electrons. The van der Waals surface area contributed by atoms with E-state index in [1.165, 1.54) is 18.3 Å². The highest BCUT2D eigenvalue weighted by atomic mass is 32.2. The zero-order valence-corrected chi connectivity index (χ0v) is 19.8. The minimum absolute atomic E-state index is 0.0516. The first-order valence-corrected chi connectivity index (χ1v) is 13.0. The average Bonchev–Trinajstić information content (AvgIpc) is 3.62. The summed E-state index contributed by atoms with van der Waals surface area (Å²) in [5, 5.41) is 10.8. The van der Waals surface area contributed by atoms with Gasteiger partial charge in [-0.2, -0.15) is 5.26 Å². The van der Waals surface area contributed by atoms with Crippen LogP contribution in [0.15, 0.2) is 60.8 Å². The molecule has 0 aliphatic heterocycles. The lowest BCUT2D eigenvalue weighted by atomic mass is 10.1. The number of sulfonamides is 1. The van der Waals surface area contributed by atoms with Gasteiger partial charge in [0.2, 0.25) is 10.0 Å². The first-order valence-electron chi connectivity index (χ1n) is 11.4. The van der Waals surface area contributed by atoms with Crippen LogP contribution < -0.4 is 9.46 Å². The second-order valence-corrected chi connectivity index (χ2v) is 10.3. The number of halogens is 1. The highest BCUT2D eigenvalue weighted by Crippen LogP contribution is 2.45. The molecule has 0 unspecified atom stereocenters. The standard InChI is InChI=1S/C26H23FN4O3S/c1-2-14-35(32,33)30-18-7-5-17(6-8-18)25-22(16-28)21-12-11-20(15-24(21)31(25)19-9-10-19)34-26-23(27)4-3-13-29-26/h3-8,11-13,15,19,30H,2,9-10,14H2,1H3. The van der Waals surface area contributed by atoms with Crippen molar-refractivity contribution in [1.82, 2.24) is 9.55 Å². The minimum Gasteiger partial charge on any atom is -0.436 e. The molecule has 2 aromatic heterocycles. The summed E-state index contributed by atoms with van der Waals surface area (Å²) in [6.07, 6.45) is 3.95. The van der Waals surface area contributed by atoms with Gasteiger partial charge in [0.1, 0.15) is 11.8 Å². The van der Waals surface area contributed by atoms with Crippen LogP contribution in [0.3, 0.4) is 0 Å². The van der Waals surface area contributed by atoms with Crippen LogP contribution in [0.5, 0.6) is 11.6 Å². The molecule has 9 heteroatoms. The number of ether oxygens (including phenoxy) is 1. The molecule has 7 nitrogen and oxygen atoms in total. The third-order valence-corrected chi connectivity index (χ3v) is 7.34. The molecule has 2 aromatic carbocycles. The highest BCUT2D eigenvalue weighted by molar-refractivity contribution is 7.92. The lowest BCUT2D eigenvalue weighted by molar-refractivity contribution is 0.423. The Labute approximate surface area is 202 Å². The number of benzene rings is 2. The lowest BCUT2D eigenvalue weighted by Gasteiger charge is -2.12. The molecule has 4 aromatic rings. The fourth-order valence-corrected chi connectivity index (χ4v) is 5.35. The molecule has 0 saturated heterocycles. The van der Waals surface area contributed by atoms with E-state index in [4.69, 9.17) is 4.74 Å². The fraction of sp³-hybridized carbons (Fsp3) is 0.231. The van der Waals surface area contributed by atoms with Gasteiger partial charge in [0, 0.05) is 29.4 Å². The van der Waals surface area contributed by atoms with Crippen LogP contribution >= 0.6 is 0 Å². The SMILES string of the molecule is CCCS(=O)(=O)Nc1ccc(-c2c(C#N)c3ccc(Oc4ncccc4F)cc3n2C2CC2)cc1. The third kappa shape index (κ3) is 4.57. The molecular formula is C26H23FN4O3S. The summed E-state index contributed by atoms with van der Waals surface area (Å²) >= 11 is 0. The Balaban J connectivity index is 1.57. The minimum atomic E-state index is -3.39. The molecule has 35 heavy (non-hydrogen) atoms. The van der Waals surface area contributed by atoms with Crippen molar-refractivity contribution in [3.8, 4) is 29.0 Å². The van der Waals surface area contributed by atoms with Crippen LogP contribution in [0.1, 0.15) is 37.8 Å². The van der Waals surface area contributed by atoms with Crippen molar-refractivity contribution >= 4 is 26.6 Å². The molecule has 0 spiro atoms. The van der Waals surface area contributed by atoms with Gasteiger partial charge in [-0.1, -0.05) is 19.1 Å². The van der Waals surface area contributed by atoms with E-state index in [1.807, 2.05) is 19.1 Å². The fourth-order valence-electron chi connectivity index (χ4n) is 4.22. The first kappa shape index (κ1) is 22.9. The quantitative estimate of drug-likeness (QED) is 0.327. The molecule has 5 rings (SSSR count). The summed E-state index contributed by atoms with van der Waals surface area (Å²) in [5.41, 5.74) is 3.40. The molecule has 1 saturated carbocycles. The lowest BCUT2D eigenvalue weighted by Crippen LogP contribution is -2.15. The van der Waals surface area contributed by atoms with Crippen molar-refractivity contribution in [1.29, 1.82) is 5.26 Å². The van der Waals surface area contributed by atoms with Crippen LogP contribution in [0.4, 0.5) is 10.1 Å². The number of fused-ring (bicyclic) bond motifs is 1. The van der Waals surface area contributed by atoms with Gasteiger partial charge in [0.15, 0.2) is 5.82 Å². The second kappa shape index (κ2) is 9.04. The Kier molecular flexibility index (Phi) is 5.91. The van der Waals surface area contributed by atoms with Gasteiger partial charge < -0.3 is 9.30 Å². The van der Waals surface area contributed by atoms with Crippen LogP contribution in [0.25, 0.3) is 22.2 Å². The maximum Gasteiger partial charge on any atom is 0.255 e. The zero-order chi connectivity index (χ0) is 24.6. The van der Waals surface area contributed by atoms with Gasteiger partial charge in [0.05, 0.1) is 22.5 Å². The van der Waals surface area contributed by atoms with E-state index >= 15 is 0 Å². The summed E-state index contributed by atoms with van der Waals surface area (Å²) in [6.45, 7) is 1.81. The summed E-state index contributed by atoms with van der Waals surface area (Å²) in [5.74, 6) is -0.196. The number of pyridine rings is 1. The van der Waals surface area contributed by atoms with Crippen molar-refractivity contribution < 1.29 is 17.5 Å². The molecule has 1 N–H and O–H groups in total. The Hall–Kier alpha value is -3.90. The van der Waals surface area contributed by atoms with Crippen LogP contribution in [-0.2, 0) is 10.0 Å². The van der Waals surface area contributed by atoms with E-state index in [2.05, 4.69) is 20.3 Å². The topological polar surface area (TPSA) is 97.0 Å². The van der Waals surface area contributed by atoms with Gasteiger partial charge in [-0.3, -0.25) is 4.72 Å². The Bertz CT molecular complexity index is 1550. The number of nitrogens with zero attached hydrogens (tertiary/aromatic N) is 3. The smallest absolute Gasteiger partial charge is 0.255 e. The van der Waals surface area contributed by atoms with E-state index in [0.29, 0.717) is 23.4 Å². The summed E-state index contributed by atoms with van der Waals surface area (Å²) < 4.78 is 48.7. The zero-order valence-electron chi connectivity index (χ0n) is 19.0. The van der Waals surface area contributed by atoms with E-state index in [0.717, 1.165) is 35.0 Å². The van der Waals surface area contributed by atoms with E-state index in [1.54, 1.807) is 30.3 Å². The molecule has 0 atom stereocenters. The van der Waals surface area contributed by atoms with Crippen LogP contribution in [0, 0.1) is 17.1 Å². The van der Waals surface area contributed by atoms with Crippen molar-refractivity contribution in [2.24, 2.45) is 0 Å². The first-order chi connectivity index (χ1) is 16.9.